The maximum Gasteiger partial charge on any atom is 0.243 e. The zero-order chi connectivity index (χ0) is 14.7. The van der Waals surface area contributed by atoms with Crippen molar-refractivity contribution in [2.24, 2.45) is 0 Å². The Morgan fingerprint density at radius 2 is 1.95 bits per heavy atom. The molecule has 2 heterocycles. The summed E-state index contributed by atoms with van der Waals surface area (Å²) in [4.78, 5) is 0.267. The average molecular weight is 344 g/mol. The van der Waals surface area contributed by atoms with E-state index in [9.17, 15) is 8.42 Å². The van der Waals surface area contributed by atoms with E-state index in [4.69, 9.17) is 4.52 Å². The number of sulfonamides is 1. The SMILES string of the molecule is Cl.O=S(=O)(c1ccccc1-c1ccno1)N1CCCNCC1. The van der Waals surface area contributed by atoms with Crippen molar-refractivity contribution in [3.63, 3.8) is 0 Å². The van der Waals surface area contributed by atoms with Crippen molar-refractivity contribution >= 4 is 22.4 Å². The third-order valence-electron chi connectivity index (χ3n) is 3.51. The Kier molecular flexibility index (Phi) is 5.57. The van der Waals surface area contributed by atoms with Crippen LogP contribution in [0.2, 0.25) is 0 Å². The Hall–Kier alpha value is -1.41. The fourth-order valence-electron chi connectivity index (χ4n) is 2.45. The molecule has 0 radical (unpaired) electrons. The molecule has 2 aromatic rings. The number of rotatable bonds is 3. The van der Waals surface area contributed by atoms with E-state index in [0.29, 0.717) is 31.0 Å². The molecule has 0 aliphatic carbocycles. The molecule has 0 atom stereocenters. The number of hydrogen-bond donors (Lipinski definition) is 1. The number of benzene rings is 1. The number of aromatic nitrogens is 1. The molecule has 1 saturated heterocycles. The van der Waals surface area contributed by atoms with Crippen molar-refractivity contribution in [2.45, 2.75) is 11.3 Å². The lowest BCUT2D eigenvalue weighted by Crippen LogP contribution is -2.34. The topological polar surface area (TPSA) is 75.4 Å². The molecular formula is C14H18ClN3O3S. The molecule has 0 bridgehead atoms. The minimum Gasteiger partial charge on any atom is -0.356 e. The lowest BCUT2D eigenvalue weighted by molar-refractivity contribution is 0.426. The Balaban J connectivity index is 0.00000176. The van der Waals surface area contributed by atoms with Crippen LogP contribution in [0.5, 0.6) is 0 Å². The summed E-state index contributed by atoms with van der Waals surface area (Å²) in [7, 11) is -3.54. The van der Waals surface area contributed by atoms with Crippen LogP contribution in [-0.4, -0.2) is 44.1 Å². The van der Waals surface area contributed by atoms with Gasteiger partial charge in [-0.05, 0) is 25.1 Å². The molecule has 6 nitrogen and oxygen atoms in total. The minimum atomic E-state index is -3.54. The summed E-state index contributed by atoms with van der Waals surface area (Å²) >= 11 is 0. The van der Waals surface area contributed by atoms with Crippen LogP contribution in [0, 0.1) is 0 Å². The van der Waals surface area contributed by atoms with E-state index in [2.05, 4.69) is 10.5 Å². The van der Waals surface area contributed by atoms with Crippen LogP contribution in [0.25, 0.3) is 11.3 Å². The molecule has 1 N–H and O–H groups in total. The fraction of sp³-hybridized carbons (Fsp3) is 0.357. The molecule has 1 aliphatic heterocycles. The van der Waals surface area contributed by atoms with Gasteiger partial charge in [0.1, 0.15) is 0 Å². The molecule has 8 heteroatoms. The summed E-state index contributed by atoms with van der Waals surface area (Å²) in [6.07, 6.45) is 2.32. The van der Waals surface area contributed by atoms with Gasteiger partial charge in [-0.1, -0.05) is 17.3 Å². The third kappa shape index (κ3) is 3.33. The van der Waals surface area contributed by atoms with Gasteiger partial charge in [0.2, 0.25) is 10.0 Å². The second-order valence-electron chi connectivity index (χ2n) is 4.88. The minimum absolute atomic E-state index is 0. The average Bonchev–Trinajstić information content (AvgIpc) is 2.88. The van der Waals surface area contributed by atoms with Crippen molar-refractivity contribution < 1.29 is 12.9 Å². The van der Waals surface area contributed by atoms with Crippen molar-refractivity contribution in [1.29, 1.82) is 0 Å². The molecule has 0 unspecified atom stereocenters. The molecule has 3 rings (SSSR count). The first-order valence-corrected chi connectivity index (χ1v) is 8.34. The van der Waals surface area contributed by atoms with Crippen LogP contribution in [0.15, 0.2) is 45.9 Å². The molecule has 0 spiro atoms. The van der Waals surface area contributed by atoms with Crippen LogP contribution >= 0.6 is 12.4 Å². The van der Waals surface area contributed by atoms with E-state index < -0.39 is 10.0 Å². The molecule has 120 valence electrons. The van der Waals surface area contributed by atoms with E-state index in [1.54, 1.807) is 30.3 Å². The third-order valence-corrected chi connectivity index (χ3v) is 5.46. The van der Waals surface area contributed by atoms with Crippen molar-refractivity contribution in [2.75, 3.05) is 26.2 Å². The van der Waals surface area contributed by atoms with Gasteiger partial charge in [-0.3, -0.25) is 0 Å². The summed E-state index contributed by atoms with van der Waals surface area (Å²) in [5.41, 5.74) is 0.548. The quantitative estimate of drug-likeness (QED) is 0.918. The summed E-state index contributed by atoms with van der Waals surface area (Å²) in [6.45, 7) is 2.52. The summed E-state index contributed by atoms with van der Waals surface area (Å²) in [5.74, 6) is 0.460. The van der Waals surface area contributed by atoms with Gasteiger partial charge in [0.05, 0.1) is 11.1 Å². The molecule has 1 fully saturated rings. The summed E-state index contributed by atoms with van der Waals surface area (Å²) < 4.78 is 32.4. The van der Waals surface area contributed by atoms with Crippen LogP contribution in [0.1, 0.15) is 6.42 Å². The zero-order valence-corrected chi connectivity index (χ0v) is 13.6. The molecule has 1 aliphatic rings. The number of nitrogens with one attached hydrogen (secondary N) is 1. The Bertz CT molecular complexity index is 696. The molecule has 1 aromatic heterocycles. The smallest absolute Gasteiger partial charge is 0.243 e. The monoisotopic (exact) mass is 343 g/mol. The molecule has 1 aromatic carbocycles. The Labute approximate surface area is 135 Å². The predicted molar refractivity (Wildman–Crippen MR) is 85.4 cm³/mol. The highest BCUT2D eigenvalue weighted by Gasteiger charge is 2.28. The Morgan fingerprint density at radius 1 is 1.14 bits per heavy atom. The van der Waals surface area contributed by atoms with Crippen LogP contribution in [0.3, 0.4) is 0 Å². The number of halogens is 1. The number of hydrogen-bond acceptors (Lipinski definition) is 5. The molecule has 0 amide bonds. The molecule has 0 saturated carbocycles. The first-order chi connectivity index (χ1) is 10.2. The first-order valence-electron chi connectivity index (χ1n) is 6.90. The van der Waals surface area contributed by atoms with E-state index in [-0.39, 0.29) is 17.3 Å². The lowest BCUT2D eigenvalue weighted by atomic mass is 10.2. The van der Waals surface area contributed by atoms with E-state index in [1.807, 2.05) is 0 Å². The highest BCUT2D eigenvalue weighted by atomic mass is 35.5. The molecule has 22 heavy (non-hydrogen) atoms. The van der Waals surface area contributed by atoms with Crippen molar-refractivity contribution in [1.82, 2.24) is 14.8 Å². The van der Waals surface area contributed by atoms with Gasteiger partial charge in [0.25, 0.3) is 0 Å². The lowest BCUT2D eigenvalue weighted by Gasteiger charge is -2.20. The van der Waals surface area contributed by atoms with E-state index in [1.165, 1.54) is 10.5 Å². The van der Waals surface area contributed by atoms with E-state index >= 15 is 0 Å². The standard InChI is InChI=1S/C14H17N3O3S.ClH/c18-21(19,17-10-3-7-15-9-11-17)14-5-2-1-4-12(14)13-6-8-16-20-13;/h1-2,4-6,8,15H,3,7,9-11H2;1H. The summed E-state index contributed by atoms with van der Waals surface area (Å²) in [5, 5.41) is 6.86. The van der Waals surface area contributed by atoms with Gasteiger partial charge in [-0.2, -0.15) is 4.31 Å². The van der Waals surface area contributed by atoms with Gasteiger partial charge < -0.3 is 9.84 Å². The van der Waals surface area contributed by atoms with Gasteiger partial charge in [-0.25, -0.2) is 8.42 Å². The summed E-state index contributed by atoms with van der Waals surface area (Å²) in [6, 6.07) is 8.54. The van der Waals surface area contributed by atoms with Gasteiger partial charge >= 0.3 is 0 Å². The van der Waals surface area contributed by atoms with Crippen LogP contribution in [0.4, 0.5) is 0 Å². The van der Waals surface area contributed by atoms with Crippen molar-refractivity contribution in [3.05, 3.63) is 36.5 Å². The van der Waals surface area contributed by atoms with Crippen LogP contribution < -0.4 is 5.32 Å². The molecular weight excluding hydrogens is 326 g/mol. The zero-order valence-electron chi connectivity index (χ0n) is 11.9. The van der Waals surface area contributed by atoms with Crippen LogP contribution in [-0.2, 0) is 10.0 Å². The Morgan fingerprint density at radius 3 is 2.73 bits per heavy atom. The fourth-order valence-corrected chi connectivity index (χ4v) is 4.13. The van der Waals surface area contributed by atoms with Gasteiger partial charge in [0, 0.05) is 31.3 Å². The second-order valence-corrected chi connectivity index (χ2v) is 6.79. The maximum absolute atomic E-state index is 12.9. The number of nitrogens with zero attached hydrogens (tertiary/aromatic N) is 2. The highest BCUT2D eigenvalue weighted by Crippen LogP contribution is 2.29. The van der Waals surface area contributed by atoms with Crippen molar-refractivity contribution in [3.8, 4) is 11.3 Å². The second kappa shape index (κ2) is 7.23. The van der Waals surface area contributed by atoms with Gasteiger partial charge in [-0.15, -0.1) is 12.4 Å². The first kappa shape index (κ1) is 17.0. The van der Waals surface area contributed by atoms with E-state index in [0.717, 1.165) is 13.0 Å². The largest absolute Gasteiger partial charge is 0.356 e. The van der Waals surface area contributed by atoms with Gasteiger partial charge in [0.15, 0.2) is 5.76 Å². The normalized spacial score (nSPS) is 16.7. The predicted octanol–water partition coefficient (Wildman–Crippen LogP) is 1.75. The maximum atomic E-state index is 12.9. The highest BCUT2D eigenvalue weighted by molar-refractivity contribution is 7.89.